The Bertz CT molecular complexity index is 1310. The van der Waals surface area contributed by atoms with E-state index in [0.29, 0.717) is 43.6 Å². The van der Waals surface area contributed by atoms with Crippen LogP contribution in [0, 0.1) is 6.92 Å². The van der Waals surface area contributed by atoms with Crippen molar-refractivity contribution in [1.82, 2.24) is 29.0 Å². The molecule has 1 saturated heterocycles. The standard InChI is InChI=1S/C21H21N7O3S/c1-16-25-19(14-31-16)17-3-5-18(6-4-17)32(29,30)27-11-9-26(10-12-27)20-13-21(23-15-22-20)28-8-2-7-24-28/h2-8,13-15H,9-12H2,1H3. The molecule has 164 valence electrons. The molecule has 0 aliphatic carbocycles. The fourth-order valence-corrected chi connectivity index (χ4v) is 5.06. The van der Waals surface area contributed by atoms with Crippen molar-refractivity contribution in [2.45, 2.75) is 11.8 Å². The highest BCUT2D eigenvalue weighted by Gasteiger charge is 2.29. The molecule has 4 heterocycles. The van der Waals surface area contributed by atoms with Crippen molar-refractivity contribution >= 4 is 15.8 Å². The lowest BCUT2D eigenvalue weighted by molar-refractivity contribution is 0.383. The number of benzene rings is 1. The van der Waals surface area contributed by atoms with Gasteiger partial charge in [0, 0.05) is 57.1 Å². The summed E-state index contributed by atoms with van der Waals surface area (Å²) in [6, 6.07) is 10.4. The van der Waals surface area contributed by atoms with Crippen molar-refractivity contribution in [3.63, 3.8) is 0 Å². The van der Waals surface area contributed by atoms with Crippen LogP contribution in [0.2, 0.25) is 0 Å². The van der Waals surface area contributed by atoms with Crippen LogP contribution in [0.1, 0.15) is 5.89 Å². The van der Waals surface area contributed by atoms with E-state index in [1.165, 1.54) is 10.6 Å². The Balaban J connectivity index is 1.28. The molecule has 1 aromatic carbocycles. The van der Waals surface area contributed by atoms with Gasteiger partial charge in [0.15, 0.2) is 11.7 Å². The van der Waals surface area contributed by atoms with Gasteiger partial charge in [-0.3, -0.25) is 0 Å². The van der Waals surface area contributed by atoms with E-state index in [1.54, 1.807) is 48.3 Å². The number of piperazine rings is 1. The van der Waals surface area contributed by atoms with Crippen LogP contribution in [-0.2, 0) is 10.0 Å². The predicted octanol–water partition coefficient (Wildman–Crippen LogP) is 2.14. The number of sulfonamides is 1. The first-order valence-corrected chi connectivity index (χ1v) is 11.5. The molecule has 1 fully saturated rings. The number of hydrogen-bond donors (Lipinski definition) is 0. The van der Waals surface area contributed by atoms with Crippen molar-refractivity contribution in [2.75, 3.05) is 31.1 Å². The maximum atomic E-state index is 13.1. The molecular formula is C21H21N7O3S. The lowest BCUT2D eigenvalue weighted by Gasteiger charge is -2.34. The zero-order valence-corrected chi connectivity index (χ0v) is 18.2. The van der Waals surface area contributed by atoms with Gasteiger partial charge in [0.2, 0.25) is 10.0 Å². The van der Waals surface area contributed by atoms with E-state index in [-0.39, 0.29) is 4.90 Å². The van der Waals surface area contributed by atoms with Gasteiger partial charge in [0.1, 0.15) is 24.1 Å². The summed E-state index contributed by atoms with van der Waals surface area (Å²) in [5.41, 5.74) is 1.49. The molecule has 0 unspecified atom stereocenters. The Hall–Kier alpha value is -3.57. The van der Waals surface area contributed by atoms with Crippen LogP contribution >= 0.6 is 0 Å². The zero-order valence-electron chi connectivity index (χ0n) is 17.4. The molecule has 1 aliphatic rings. The van der Waals surface area contributed by atoms with E-state index in [4.69, 9.17) is 4.42 Å². The molecule has 4 aromatic rings. The first-order valence-electron chi connectivity index (χ1n) is 10.1. The molecular weight excluding hydrogens is 430 g/mol. The highest BCUT2D eigenvalue weighted by atomic mass is 32.2. The van der Waals surface area contributed by atoms with E-state index >= 15 is 0 Å². The molecule has 0 bridgehead atoms. The third-order valence-corrected chi connectivity index (χ3v) is 7.26. The maximum Gasteiger partial charge on any atom is 0.243 e. The van der Waals surface area contributed by atoms with Crippen LogP contribution in [-0.4, -0.2) is 63.6 Å². The summed E-state index contributed by atoms with van der Waals surface area (Å²) in [5.74, 6) is 1.97. The van der Waals surface area contributed by atoms with Gasteiger partial charge in [-0.15, -0.1) is 0 Å². The number of rotatable bonds is 5. The molecule has 1 aliphatic heterocycles. The lowest BCUT2D eigenvalue weighted by atomic mass is 10.2. The number of aromatic nitrogens is 5. The lowest BCUT2D eigenvalue weighted by Crippen LogP contribution is -2.48. The van der Waals surface area contributed by atoms with E-state index in [1.807, 2.05) is 18.3 Å². The first-order chi connectivity index (χ1) is 15.5. The smallest absolute Gasteiger partial charge is 0.243 e. The van der Waals surface area contributed by atoms with Gasteiger partial charge in [0.25, 0.3) is 0 Å². The highest BCUT2D eigenvalue weighted by molar-refractivity contribution is 7.89. The molecule has 0 saturated carbocycles. The molecule has 0 N–H and O–H groups in total. The average Bonchev–Trinajstić information content (AvgIpc) is 3.52. The molecule has 10 nitrogen and oxygen atoms in total. The quantitative estimate of drug-likeness (QED) is 0.454. The Kier molecular flexibility index (Phi) is 5.19. The summed E-state index contributed by atoms with van der Waals surface area (Å²) in [7, 11) is -3.59. The number of oxazole rings is 1. The number of nitrogens with zero attached hydrogens (tertiary/aromatic N) is 7. The van der Waals surface area contributed by atoms with Crippen molar-refractivity contribution in [2.24, 2.45) is 0 Å². The highest BCUT2D eigenvalue weighted by Crippen LogP contribution is 2.24. The second-order valence-electron chi connectivity index (χ2n) is 7.35. The van der Waals surface area contributed by atoms with Crippen LogP contribution < -0.4 is 4.90 Å². The predicted molar refractivity (Wildman–Crippen MR) is 117 cm³/mol. The summed E-state index contributed by atoms with van der Waals surface area (Å²) in [4.78, 5) is 15.2. The minimum Gasteiger partial charge on any atom is -0.449 e. The number of anilines is 1. The van der Waals surface area contributed by atoms with Crippen molar-refractivity contribution in [3.05, 3.63) is 67.3 Å². The van der Waals surface area contributed by atoms with Crippen LogP contribution in [0.15, 0.2) is 70.7 Å². The van der Waals surface area contributed by atoms with Gasteiger partial charge in [0.05, 0.1) is 4.90 Å². The van der Waals surface area contributed by atoms with E-state index in [9.17, 15) is 8.42 Å². The van der Waals surface area contributed by atoms with Gasteiger partial charge >= 0.3 is 0 Å². The average molecular weight is 452 g/mol. The summed E-state index contributed by atoms with van der Waals surface area (Å²) >= 11 is 0. The second-order valence-corrected chi connectivity index (χ2v) is 9.29. The normalized spacial score (nSPS) is 15.2. The van der Waals surface area contributed by atoms with Gasteiger partial charge in [-0.1, -0.05) is 12.1 Å². The minimum absolute atomic E-state index is 0.262. The first kappa shape index (κ1) is 20.3. The minimum atomic E-state index is -3.59. The Labute approximate surface area is 185 Å². The van der Waals surface area contributed by atoms with Gasteiger partial charge < -0.3 is 9.32 Å². The maximum absolute atomic E-state index is 13.1. The summed E-state index contributed by atoms with van der Waals surface area (Å²) < 4.78 is 34.7. The largest absolute Gasteiger partial charge is 0.449 e. The third-order valence-electron chi connectivity index (χ3n) is 5.35. The monoisotopic (exact) mass is 451 g/mol. The summed E-state index contributed by atoms with van der Waals surface area (Å²) in [6.07, 6.45) is 6.55. The second kappa shape index (κ2) is 8.17. The van der Waals surface area contributed by atoms with E-state index in [0.717, 1.165) is 11.4 Å². The Morgan fingerprint density at radius 2 is 1.75 bits per heavy atom. The van der Waals surface area contributed by atoms with Crippen molar-refractivity contribution < 1.29 is 12.8 Å². The SMILES string of the molecule is Cc1nc(-c2ccc(S(=O)(=O)N3CCN(c4cc(-n5cccn5)ncn4)CC3)cc2)co1. The fourth-order valence-electron chi connectivity index (χ4n) is 3.64. The molecule has 5 rings (SSSR count). The molecule has 0 atom stereocenters. The zero-order chi connectivity index (χ0) is 22.1. The van der Waals surface area contributed by atoms with Gasteiger partial charge in [-0.05, 0) is 18.2 Å². The number of hydrogen-bond acceptors (Lipinski definition) is 8. The van der Waals surface area contributed by atoms with Gasteiger partial charge in [-0.25, -0.2) is 28.1 Å². The Morgan fingerprint density at radius 3 is 2.41 bits per heavy atom. The molecule has 32 heavy (non-hydrogen) atoms. The third kappa shape index (κ3) is 3.87. The van der Waals surface area contributed by atoms with Gasteiger partial charge in [-0.2, -0.15) is 9.40 Å². The van der Waals surface area contributed by atoms with Crippen LogP contribution in [0.4, 0.5) is 5.82 Å². The topological polar surface area (TPSA) is 110 Å². The molecule has 0 amide bonds. The van der Waals surface area contributed by atoms with Crippen molar-refractivity contribution in [3.8, 4) is 17.1 Å². The van der Waals surface area contributed by atoms with Crippen LogP contribution in [0.3, 0.4) is 0 Å². The van der Waals surface area contributed by atoms with Crippen LogP contribution in [0.25, 0.3) is 17.1 Å². The molecule has 11 heteroatoms. The number of aryl methyl sites for hydroxylation is 1. The Morgan fingerprint density at radius 1 is 1.00 bits per heavy atom. The molecule has 0 spiro atoms. The van der Waals surface area contributed by atoms with Crippen molar-refractivity contribution in [1.29, 1.82) is 0 Å². The molecule has 3 aromatic heterocycles. The van der Waals surface area contributed by atoms with E-state index < -0.39 is 10.0 Å². The summed E-state index contributed by atoms with van der Waals surface area (Å²) in [5, 5.41) is 4.19. The van der Waals surface area contributed by atoms with Crippen LogP contribution in [0.5, 0.6) is 0 Å². The summed E-state index contributed by atoms with van der Waals surface area (Å²) in [6.45, 7) is 3.57. The molecule has 0 radical (unpaired) electrons. The van der Waals surface area contributed by atoms with E-state index in [2.05, 4.69) is 25.0 Å². The fraction of sp³-hybridized carbons (Fsp3) is 0.238.